The monoisotopic (exact) mass is 221 g/mol. The van der Waals surface area contributed by atoms with Gasteiger partial charge in [0.15, 0.2) is 0 Å². The molecule has 0 saturated heterocycles. The van der Waals surface area contributed by atoms with Crippen LogP contribution in [0.25, 0.3) is 0 Å². The van der Waals surface area contributed by atoms with Gasteiger partial charge in [-0.05, 0) is 26.0 Å². The van der Waals surface area contributed by atoms with Crippen LogP contribution in [0.4, 0.5) is 10.5 Å². The Kier molecular flexibility index (Phi) is 3.82. The lowest BCUT2D eigenvalue weighted by atomic mass is 10.3. The van der Waals surface area contributed by atoms with Gasteiger partial charge in [0.25, 0.3) is 0 Å². The third-order valence-corrected chi connectivity index (χ3v) is 1.76. The average molecular weight is 221 g/mol. The van der Waals surface area contributed by atoms with E-state index in [1.165, 1.54) is 6.20 Å². The first kappa shape index (κ1) is 12.0. The summed E-state index contributed by atoms with van der Waals surface area (Å²) in [5.74, 6) is -0.342. The van der Waals surface area contributed by atoms with Crippen LogP contribution in [0.15, 0.2) is 24.5 Å². The van der Waals surface area contributed by atoms with E-state index in [-0.39, 0.29) is 12.0 Å². The molecule has 16 heavy (non-hydrogen) atoms. The fourth-order valence-electron chi connectivity index (χ4n) is 1.16. The van der Waals surface area contributed by atoms with Gasteiger partial charge in [0, 0.05) is 12.2 Å². The van der Waals surface area contributed by atoms with Crippen molar-refractivity contribution in [3.05, 3.63) is 24.5 Å². The van der Waals surface area contributed by atoms with E-state index in [0.29, 0.717) is 5.69 Å². The summed E-state index contributed by atoms with van der Waals surface area (Å²) in [6.45, 7) is 3.67. The number of carbonyl (C=O) groups is 1. The Morgan fingerprint density at radius 1 is 1.62 bits per heavy atom. The van der Waals surface area contributed by atoms with E-state index < -0.39 is 6.03 Å². The summed E-state index contributed by atoms with van der Waals surface area (Å²) in [6.07, 6.45) is 3.06. The molecule has 0 fully saturated rings. The fraction of sp³-hybridized carbons (Fsp3) is 0.300. The molecule has 1 rings (SSSR count). The molecule has 0 bridgehead atoms. The van der Waals surface area contributed by atoms with Gasteiger partial charge in [-0.25, -0.2) is 9.69 Å². The highest BCUT2D eigenvalue weighted by Gasteiger charge is 2.18. The van der Waals surface area contributed by atoms with Crippen LogP contribution in [0.3, 0.4) is 0 Å². The summed E-state index contributed by atoms with van der Waals surface area (Å²) in [6, 6.07) is 2.88. The van der Waals surface area contributed by atoms with Gasteiger partial charge in [-0.2, -0.15) is 0 Å². The molecular formula is C10H15N5O. The van der Waals surface area contributed by atoms with Gasteiger partial charge in [0.1, 0.15) is 0 Å². The zero-order valence-electron chi connectivity index (χ0n) is 9.27. The summed E-state index contributed by atoms with van der Waals surface area (Å²) >= 11 is 0. The SMILES string of the molecule is CC(C)NC(=O)N(C(=N)N)c1cccnc1. The molecule has 0 unspecified atom stereocenters. The number of nitrogens with zero attached hydrogens (tertiary/aromatic N) is 2. The summed E-state index contributed by atoms with van der Waals surface area (Å²) < 4.78 is 0. The molecule has 0 saturated carbocycles. The van der Waals surface area contributed by atoms with Crippen molar-refractivity contribution >= 4 is 17.7 Å². The first-order valence-electron chi connectivity index (χ1n) is 4.87. The molecule has 0 spiro atoms. The summed E-state index contributed by atoms with van der Waals surface area (Å²) in [7, 11) is 0. The molecule has 6 nitrogen and oxygen atoms in total. The maximum Gasteiger partial charge on any atom is 0.329 e. The molecule has 0 aromatic carbocycles. The molecule has 2 amide bonds. The van der Waals surface area contributed by atoms with Crippen LogP contribution in [0.1, 0.15) is 13.8 Å². The Hall–Kier alpha value is -2.11. The van der Waals surface area contributed by atoms with E-state index >= 15 is 0 Å². The number of urea groups is 1. The van der Waals surface area contributed by atoms with Crippen LogP contribution < -0.4 is 16.0 Å². The number of nitrogens with two attached hydrogens (primary N) is 1. The minimum Gasteiger partial charge on any atom is -0.369 e. The molecule has 0 aliphatic rings. The molecular weight excluding hydrogens is 206 g/mol. The van der Waals surface area contributed by atoms with Crippen LogP contribution in [0.2, 0.25) is 0 Å². The minimum absolute atomic E-state index is 0.0222. The van der Waals surface area contributed by atoms with Crippen LogP contribution in [0.5, 0.6) is 0 Å². The normalized spacial score (nSPS) is 9.94. The zero-order chi connectivity index (χ0) is 12.1. The van der Waals surface area contributed by atoms with Crippen molar-refractivity contribution in [1.29, 1.82) is 5.41 Å². The van der Waals surface area contributed by atoms with Crippen molar-refractivity contribution < 1.29 is 4.79 Å². The van der Waals surface area contributed by atoms with Gasteiger partial charge in [-0.1, -0.05) is 0 Å². The third-order valence-electron chi connectivity index (χ3n) is 1.76. The number of pyridine rings is 1. The average Bonchev–Trinajstić information content (AvgIpc) is 2.17. The molecule has 6 heteroatoms. The molecule has 0 atom stereocenters. The second-order valence-electron chi connectivity index (χ2n) is 3.54. The number of guanidine groups is 1. The predicted octanol–water partition coefficient (Wildman–Crippen LogP) is 0.899. The first-order chi connectivity index (χ1) is 7.52. The first-order valence-corrected chi connectivity index (χ1v) is 4.87. The number of amides is 2. The fourth-order valence-corrected chi connectivity index (χ4v) is 1.16. The zero-order valence-corrected chi connectivity index (χ0v) is 9.27. The van der Waals surface area contributed by atoms with Crippen molar-refractivity contribution in [1.82, 2.24) is 10.3 Å². The lowest BCUT2D eigenvalue weighted by molar-refractivity contribution is 0.247. The lowest BCUT2D eigenvalue weighted by Crippen LogP contribution is -2.49. The maximum absolute atomic E-state index is 11.8. The predicted molar refractivity (Wildman–Crippen MR) is 62.3 cm³/mol. The van der Waals surface area contributed by atoms with Crippen LogP contribution in [-0.2, 0) is 0 Å². The van der Waals surface area contributed by atoms with Gasteiger partial charge >= 0.3 is 6.03 Å². The van der Waals surface area contributed by atoms with E-state index in [9.17, 15) is 4.79 Å². The Morgan fingerprint density at radius 2 is 2.31 bits per heavy atom. The number of rotatable bonds is 2. The van der Waals surface area contributed by atoms with Crippen molar-refractivity contribution in [2.24, 2.45) is 5.73 Å². The van der Waals surface area contributed by atoms with E-state index in [1.54, 1.807) is 18.3 Å². The molecule has 0 aliphatic heterocycles. The number of hydrogen-bond acceptors (Lipinski definition) is 3. The van der Waals surface area contributed by atoms with Crippen LogP contribution in [0, 0.1) is 5.41 Å². The molecule has 86 valence electrons. The van der Waals surface area contributed by atoms with E-state index in [1.807, 2.05) is 13.8 Å². The number of anilines is 1. The molecule has 4 N–H and O–H groups in total. The Morgan fingerprint density at radius 3 is 2.75 bits per heavy atom. The second kappa shape index (κ2) is 5.11. The standard InChI is InChI=1S/C10H15N5O/c1-7(2)14-10(16)15(9(11)12)8-4-3-5-13-6-8/h3-7H,1-2H3,(H3,11,12)(H,14,16). The molecule has 0 aliphatic carbocycles. The van der Waals surface area contributed by atoms with Crippen molar-refractivity contribution in [3.63, 3.8) is 0 Å². The Bertz CT molecular complexity index is 376. The number of nitrogens with one attached hydrogen (secondary N) is 2. The summed E-state index contributed by atoms with van der Waals surface area (Å²) in [5, 5.41) is 10.0. The maximum atomic E-state index is 11.8. The summed E-state index contributed by atoms with van der Waals surface area (Å²) in [4.78, 5) is 16.7. The largest absolute Gasteiger partial charge is 0.369 e. The van der Waals surface area contributed by atoms with Crippen molar-refractivity contribution in [2.75, 3.05) is 4.90 Å². The van der Waals surface area contributed by atoms with E-state index in [0.717, 1.165) is 4.90 Å². The number of hydrogen-bond donors (Lipinski definition) is 3. The van der Waals surface area contributed by atoms with Crippen LogP contribution in [-0.4, -0.2) is 23.0 Å². The Labute approximate surface area is 94.0 Å². The molecule has 1 aromatic heterocycles. The number of carbonyl (C=O) groups excluding carboxylic acids is 1. The van der Waals surface area contributed by atoms with E-state index in [2.05, 4.69) is 10.3 Å². The topological polar surface area (TPSA) is 95.1 Å². The van der Waals surface area contributed by atoms with Gasteiger partial charge in [-0.15, -0.1) is 0 Å². The lowest BCUT2D eigenvalue weighted by Gasteiger charge is -2.21. The third kappa shape index (κ3) is 2.94. The quantitative estimate of drug-likeness (QED) is 0.511. The minimum atomic E-state index is -0.435. The van der Waals surface area contributed by atoms with Crippen molar-refractivity contribution in [2.45, 2.75) is 19.9 Å². The van der Waals surface area contributed by atoms with Gasteiger partial charge in [0.05, 0.1) is 11.9 Å². The second-order valence-corrected chi connectivity index (χ2v) is 3.54. The Balaban J connectivity index is 2.92. The van der Waals surface area contributed by atoms with Gasteiger partial charge in [-0.3, -0.25) is 10.4 Å². The van der Waals surface area contributed by atoms with Gasteiger partial charge < -0.3 is 11.1 Å². The molecule has 1 aromatic rings. The number of aromatic nitrogens is 1. The summed E-state index contributed by atoms with van der Waals surface area (Å²) in [5.41, 5.74) is 5.83. The van der Waals surface area contributed by atoms with Crippen LogP contribution >= 0.6 is 0 Å². The molecule has 1 heterocycles. The molecule has 0 radical (unpaired) electrons. The van der Waals surface area contributed by atoms with Gasteiger partial charge in [0.2, 0.25) is 5.96 Å². The van der Waals surface area contributed by atoms with Crippen molar-refractivity contribution in [3.8, 4) is 0 Å². The smallest absolute Gasteiger partial charge is 0.329 e. The highest BCUT2D eigenvalue weighted by molar-refractivity contribution is 6.13. The van der Waals surface area contributed by atoms with E-state index in [4.69, 9.17) is 11.1 Å². The highest BCUT2D eigenvalue weighted by Crippen LogP contribution is 2.11. The highest BCUT2D eigenvalue weighted by atomic mass is 16.2.